The lowest BCUT2D eigenvalue weighted by molar-refractivity contribution is 0.328. The second-order valence-corrected chi connectivity index (χ2v) is 6.28. The van der Waals surface area contributed by atoms with Crippen molar-refractivity contribution in [3.05, 3.63) is 11.9 Å². The minimum atomic E-state index is 0.667. The molecule has 0 amide bonds. The zero-order chi connectivity index (χ0) is 14.1. The second-order valence-electron chi connectivity index (χ2n) is 5.29. The molecule has 1 aromatic heterocycles. The molecule has 0 unspecified atom stereocenters. The summed E-state index contributed by atoms with van der Waals surface area (Å²) in [5.41, 5.74) is 1.02. The van der Waals surface area contributed by atoms with Crippen LogP contribution in [-0.2, 0) is 13.1 Å². The van der Waals surface area contributed by atoms with Crippen molar-refractivity contribution in [2.45, 2.75) is 26.9 Å². The molecule has 0 fully saturated rings. The summed E-state index contributed by atoms with van der Waals surface area (Å²) in [5.74, 6) is 1.85. The highest BCUT2D eigenvalue weighted by molar-refractivity contribution is 7.98. The van der Waals surface area contributed by atoms with E-state index in [4.69, 9.17) is 0 Å². The fraction of sp³-hybridized carbons (Fsp3) is 0.846. The van der Waals surface area contributed by atoms with Crippen molar-refractivity contribution in [3.63, 3.8) is 0 Å². The molecule has 1 rings (SSSR count). The maximum Gasteiger partial charge on any atom is 0.0964 e. The fourth-order valence-corrected chi connectivity index (χ4v) is 2.14. The lowest BCUT2D eigenvalue weighted by Gasteiger charge is -2.15. The third-order valence-corrected chi connectivity index (χ3v) is 3.42. The Morgan fingerprint density at radius 3 is 2.89 bits per heavy atom. The van der Waals surface area contributed by atoms with Crippen LogP contribution < -0.4 is 5.32 Å². The zero-order valence-corrected chi connectivity index (χ0v) is 13.4. The molecule has 19 heavy (non-hydrogen) atoms. The van der Waals surface area contributed by atoms with Gasteiger partial charge in [0, 0.05) is 31.6 Å². The van der Waals surface area contributed by atoms with E-state index in [1.807, 2.05) is 22.6 Å². The minimum absolute atomic E-state index is 0.667. The van der Waals surface area contributed by atoms with Gasteiger partial charge < -0.3 is 10.2 Å². The van der Waals surface area contributed by atoms with Gasteiger partial charge in [0.25, 0.3) is 0 Å². The number of aromatic nitrogens is 3. The summed E-state index contributed by atoms with van der Waals surface area (Å²) in [7, 11) is 2.15. The number of nitrogens with zero attached hydrogens (tertiary/aromatic N) is 4. The van der Waals surface area contributed by atoms with Crippen LogP contribution in [-0.4, -0.2) is 58.6 Å². The first-order chi connectivity index (χ1) is 9.11. The van der Waals surface area contributed by atoms with Crippen molar-refractivity contribution in [1.29, 1.82) is 0 Å². The van der Waals surface area contributed by atoms with Gasteiger partial charge in [0.15, 0.2) is 0 Å². The van der Waals surface area contributed by atoms with E-state index < -0.39 is 0 Å². The van der Waals surface area contributed by atoms with Crippen molar-refractivity contribution in [1.82, 2.24) is 25.2 Å². The van der Waals surface area contributed by atoms with Crippen LogP contribution in [0.4, 0.5) is 0 Å². The lowest BCUT2D eigenvalue weighted by atomic mass is 10.2. The molecule has 5 nitrogen and oxygen atoms in total. The summed E-state index contributed by atoms with van der Waals surface area (Å²) < 4.78 is 1.93. The molecule has 0 aliphatic carbocycles. The molecule has 110 valence electrons. The highest BCUT2D eigenvalue weighted by atomic mass is 32.2. The number of thioether (sulfide) groups is 1. The average Bonchev–Trinajstić information content (AvgIpc) is 2.81. The quantitative estimate of drug-likeness (QED) is 0.702. The summed E-state index contributed by atoms with van der Waals surface area (Å²) in [6.07, 6.45) is 4.18. The van der Waals surface area contributed by atoms with Crippen LogP contribution in [0.3, 0.4) is 0 Å². The largest absolute Gasteiger partial charge is 0.311 e. The SMILES string of the molecule is CSCCN(C)CCn1cc(CNCC(C)C)nn1. The van der Waals surface area contributed by atoms with Crippen molar-refractivity contribution >= 4 is 11.8 Å². The molecule has 0 bridgehead atoms. The molecule has 0 saturated heterocycles. The van der Waals surface area contributed by atoms with Gasteiger partial charge in [-0.25, -0.2) is 0 Å². The summed E-state index contributed by atoms with van der Waals surface area (Å²) in [6, 6.07) is 0. The summed E-state index contributed by atoms with van der Waals surface area (Å²) >= 11 is 1.88. The van der Waals surface area contributed by atoms with Gasteiger partial charge >= 0.3 is 0 Å². The summed E-state index contributed by atoms with van der Waals surface area (Å²) in [6.45, 7) is 9.27. The third-order valence-electron chi connectivity index (χ3n) is 2.83. The number of rotatable bonds is 10. The number of nitrogens with one attached hydrogen (secondary N) is 1. The van der Waals surface area contributed by atoms with Gasteiger partial charge in [0.2, 0.25) is 0 Å². The van der Waals surface area contributed by atoms with Gasteiger partial charge in [0.1, 0.15) is 0 Å². The predicted molar refractivity (Wildman–Crippen MR) is 82.4 cm³/mol. The number of likely N-dealkylation sites (N-methyl/N-ethyl adjacent to an activating group) is 1. The molecular weight excluding hydrogens is 258 g/mol. The van der Waals surface area contributed by atoms with Crippen LogP contribution in [0.1, 0.15) is 19.5 Å². The van der Waals surface area contributed by atoms with Crippen LogP contribution in [0.15, 0.2) is 6.20 Å². The monoisotopic (exact) mass is 285 g/mol. The lowest BCUT2D eigenvalue weighted by Crippen LogP contribution is -2.25. The van der Waals surface area contributed by atoms with Gasteiger partial charge in [-0.1, -0.05) is 19.1 Å². The van der Waals surface area contributed by atoms with Gasteiger partial charge in [0.05, 0.1) is 12.2 Å². The smallest absolute Gasteiger partial charge is 0.0964 e. The van der Waals surface area contributed by atoms with E-state index in [-0.39, 0.29) is 0 Å². The predicted octanol–water partition coefficient (Wildman–Crippen LogP) is 1.32. The summed E-state index contributed by atoms with van der Waals surface area (Å²) in [4.78, 5) is 2.33. The van der Waals surface area contributed by atoms with Crippen molar-refractivity contribution in [2.24, 2.45) is 5.92 Å². The molecule has 0 aliphatic heterocycles. The molecule has 0 saturated carbocycles. The minimum Gasteiger partial charge on any atom is -0.311 e. The van der Waals surface area contributed by atoms with E-state index in [0.717, 1.165) is 38.4 Å². The van der Waals surface area contributed by atoms with Gasteiger partial charge in [-0.05, 0) is 25.8 Å². The molecule has 0 radical (unpaired) electrons. The van der Waals surface area contributed by atoms with Crippen LogP contribution >= 0.6 is 11.8 Å². The van der Waals surface area contributed by atoms with E-state index in [0.29, 0.717) is 5.92 Å². The first-order valence-electron chi connectivity index (χ1n) is 6.89. The van der Waals surface area contributed by atoms with Crippen molar-refractivity contribution in [3.8, 4) is 0 Å². The van der Waals surface area contributed by atoms with Crippen LogP contribution in [0.25, 0.3) is 0 Å². The average molecular weight is 285 g/mol. The summed E-state index contributed by atoms with van der Waals surface area (Å²) in [5, 5.41) is 11.7. The molecular formula is C13H27N5S. The molecule has 1 heterocycles. The first-order valence-corrected chi connectivity index (χ1v) is 8.28. The maximum absolute atomic E-state index is 4.18. The van der Waals surface area contributed by atoms with Crippen LogP contribution in [0.5, 0.6) is 0 Å². The molecule has 0 spiro atoms. The molecule has 1 aromatic rings. The van der Waals surface area contributed by atoms with E-state index in [1.165, 1.54) is 5.75 Å². The number of hydrogen-bond acceptors (Lipinski definition) is 5. The van der Waals surface area contributed by atoms with E-state index >= 15 is 0 Å². The van der Waals surface area contributed by atoms with Crippen molar-refractivity contribution in [2.75, 3.05) is 38.7 Å². The normalized spacial score (nSPS) is 11.7. The van der Waals surface area contributed by atoms with Gasteiger partial charge in [-0.2, -0.15) is 11.8 Å². The molecule has 1 N–H and O–H groups in total. The Labute approximate surface area is 121 Å². The Morgan fingerprint density at radius 1 is 1.42 bits per heavy atom. The second kappa shape index (κ2) is 9.34. The van der Waals surface area contributed by atoms with E-state index in [2.05, 4.69) is 47.7 Å². The highest BCUT2D eigenvalue weighted by Gasteiger charge is 2.03. The Balaban J connectivity index is 2.22. The molecule has 0 aromatic carbocycles. The molecule has 0 atom stereocenters. The van der Waals surface area contributed by atoms with Gasteiger partial charge in [-0.3, -0.25) is 4.68 Å². The van der Waals surface area contributed by atoms with E-state index in [1.54, 1.807) is 0 Å². The highest BCUT2D eigenvalue weighted by Crippen LogP contribution is 1.97. The molecule has 6 heteroatoms. The Hall–Kier alpha value is -0.590. The van der Waals surface area contributed by atoms with E-state index in [9.17, 15) is 0 Å². The Morgan fingerprint density at radius 2 is 2.21 bits per heavy atom. The molecule has 0 aliphatic rings. The Bertz CT molecular complexity index is 340. The third kappa shape index (κ3) is 7.54. The topological polar surface area (TPSA) is 46.0 Å². The standard InChI is InChI=1S/C13H27N5S/c1-12(2)9-14-10-13-11-18(16-15-13)6-5-17(3)7-8-19-4/h11-12,14H,5-10H2,1-4H3. The van der Waals surface area contributed by atoms with Crippen LogP contribution in [0.2, 0.25) is 0 Å². The van der Waals surface area contributed by atoms with Crippen molar-refractivity contribution < 1.29 is 0 Å². The maximum atomic E-state index is 4.18. The fourth-order valence-electron chi connectivity index (χ4n) is 1.65. The number of hydrogen-bond donors (Lipinski definition) is 1. The van der Waals surface area contributed by atoms with Gasteiger partial charge in [-0.15, -0.1) is 5.10 Å². The zero-order valence-electron chi connectivity index (χ0n) is 12.6. The Kier molecular flexibility index (Phi) is 8.09. The first kappa shape index (κ1) is 16.5. The van der Waals surface area contributed by atoms with Crippen LogP contribution in [0, 0.1) is 5.92 Å².